The highest BCUT2D eigenvalue weighted by molar-refractivity contribution is 5.76. The summed E-state index contributed by atoms with van der Waals surface area (Å²) in [5.41, 5.74) is -0.644. The summed E-state index contributed by atoms with van der Waals surface area (Å²) in [4.78, 5) is 40.4. The van der Waals surface area contributed by atoms with Gasteiger partial charge in [-0.25, -0.2) is 23.9 Å². The molecule has 1 aromatic carbocycles. The van der Waals surface area contributed by atoms with Gasteiger partial charge in [0, 0.05) is 5.56 Å². The van der Waals surface area contributed by atoms with Crippen LogP contribution in [0.25, 0.3) is 22.7 Å². The molecule has 96 valence electrons. The molecular formula is C12H5N5O3. The van der Waals surface area contributed by atoms with Gasteiger partial charge >= 0.3 is 17.1 Å². The van der Waals surface area contributed by atoms with Crippen molar-refractivity contribution in [1.82, 2.24) is 22.8 Å². The van der Waals surface area contributed by atoms with Crippen LogP contribution in [-0.2, 0) is 0 Å². The molecule has 0 aliphatic rings. The number of rotatable bonds is 1. The molecule has 6 rings (SSSR count). The zero-order chi connectivity index (χ0) is 13.6. The summed E-state index contributed by atoms with van der Waals surface area (Å²) in [5, 5.41) is 0. The van der Waals surface area contributed by atoms with Crippen LogP contribution < -0.4 is 17.1 Å². The van der Waals surface area contributed by atoms with Gasteiger partial charge < -0.3 is 0 Å². The first kappa shape index (κ1) is 9.73. The predicted molar refractivity (Wildman–Crippen MR) is 68.4 cm³/mol. The fourth-order valence-corrected chi connectivity index (χ4v) is 2.77. The summed E-state index contributed by atoms with van der Waals surface area (Å²) in [6.07, 6.45) is 0. The molecule has 6 bridgehead atoms. The van der Waals surface area contributed by atoms with Crippen molar-refractivity contribution in [2.24, 2.45) is 0 Å². The van der Waals surface area contributed by atoms with E-state index in [0.29, 0.717) is 11.5 Å². The summed E-state index contributed by atoms with van der Waals surface area (Å²) in [5.74, 6) is 0.467. The van der Waals surface area contributed by atoms with Gasteiger partial charge in [-0.15, -0.1) is 4.52 Å². The van der Waals surface area contributed by atoms with Crippen molar-refractivity contribution in [3.63, 3.8) is 0 Å². The lowest BCUT2D eigenvalue weighted by atomic mass is 10.2. The molecule has 0 N–H and O–H groups in total. The summed E-state index contributed by atoms with van der Waals surface area (Å²) in [6, 6.07) is 9.19. The molecule has 5 heterocycles. The van der Waals surface area contributed by atoms with Crippen molar-refractivity contribution in [3.05, 3.63) is 61.8 Å². The van der Waals surface area contributed by atoms with Gasteiger partial charge in [0.25, 0.3) is 0 Å². The van der Waals surface area contributed by atoms with Gasteiger partial charge in [0.05, 0.1) is 0 Å². The quantitative estimate of drug-likeness (QED) is 0.390. The van der Waals surface area contributed by atoms with E-state index in [0.717, 1.165) is 18.9 Å². The van der Waals surface area contributed by atoms with Gasteiger partial charge in [-0.1, -0.05) is 30.3 Å². The SMILES string of the molecule is O=c1n2c(=O)n3c(=O)n1c1c2nc(-c2ccccc2)n13. The second-order valence-corrected chi connectivity index (χ2v) is 4.59. The minimum atomic E-state index is -0.679. The smallest absolute Gasteiger partial charge is 0.246 e. The van der Waals surface area contributed by atoms with Crippen LogP contribution in [0.1, 0.15) is 0 Å². The van der Waals surface area contributed by atoms with E-state index in [-0.39, 0.29) is 5.65 Å². The Morgan fingerprint density at radius 1 is 0.800 bits per heavy atom. The Labute approximate surface area is 108 Å². The Hall–Kier alpha value is -3.16. The van der Waals surface area contributed by atoms with Crippen LogP contribution >= 0.6 is 0 Å². The molecule has 8 nitrogen and oxygen atoms in total. The highest BCUT2D eigenvalue weighted by Crippen LogP contribution is 2.22. The van der Waals surface area contributed by atoms with E-state index in [4.69, 9.17) is 0 Å². The third-order valence-electron chi connectivity index (χ3n) is 3.60. The monoisotopic (exact) mass is 267 g/mol. The molecule has 0 unspecified atom stereocenters. The van der Waals surface area contributed by atoms with E-state index in [1.54, 1.807) is 0 Å². The number of aromatic nitrogens is 5. The first-order valence-electron chi connectivity index (χ1n) is 5.91. The van der Waals surface area contributed by atoms with Crippen molar-refractivity contribution >= 4 is 11.3 Å². The highest BCUT2D eigenvalue weighted by Gasteiger charge is 2.30. The first-order valence-corrected chi connectivity index (χ1v) is 5.91. The Bertz CT molecular complexity index is 1230. The molecule has 0 saturated heterocycles. The average molecular weight is 267 g/mol. The lowest BCUT2D eigenvalue weighted by molar-refractivity contribution is 0.703. The molecule has 0 radical (unpaired) electrons. The topological polar surface area (TPSA) is 81.7 Å². The molecule has 6 aromatic rings. The summed E-state index contributed by atoms with van der Waals surface area (Å²) < 4.78 is 4.22. The summed E-state index contributed by atoms with van der Waals surface area (Å²) >= 11 is 0. The molecule has 0 saturated carbocycles. The molecule has 0 aliphatic carbocycles. The lowest BCUT2D eigenvalue weighted by Gasteiger charge is -1.97. The molecule has 0 aliphatic heterocycles. The number of hydrogen-bond donors (Lipinski definition) is 0. The maximum atomic E-state index is 12.1. The van der Waals surface area contributed by atoms with Crippen molar-refractivity contribution in [1.29, 1.82) is 0 Å². The van der Waals surface area contributed by atoms with Crippen LogP contribution in [0.4, 0.5) is 0 Å². The van der Waals surface area contributed by atoms with E-state index in [2.05, 4.69) is 4.98 Å². The third kappa shape index (κ3) is 0.768. The van der Waals surface area contributed by atoms with Gasteiger partial charge in [-0.05, 0) is 0 Å². The van der Waals surface area contributed by atoms with E-state index >= 15 is 0 Å². The number of imidazole rings is 2. The van der Waals surface area contributed by atoms with Gasteiger partial charge in [0.2, 0.25) is 0 Å². The summed E-state index contributed by atoms with van der Waals surface area (Å²) in [7, 11) is 0. The fourth-order valence-electron chi connectivity index (χ4n) is 2.77. The van der Waals surface area contributed by atoms with Gasteiger partial charge in [0.1, 0.15) is 0 Å². The second kappa shape index (κ2) is 2.72. The molecule has 20 heavy (non-hydrogen) atoms. The van der Waals surface area contributed by atoms with Crippen LogP contribution in [0, 0.1) is 0 Å². The Kier molecular flexibility index (Phi) is 1.32. The predicted octanol–water partition coefficient (Wildman–Crippen LogP) is -1.000. The summed E-state index contributed by atoms with van der Waals surface area (Å²) in [6.45, 7) is 0. The van der Waals surface area contributed by atoms with Crippen molar-refractivity contribution in [2.75, 3.05) is 0 Å². The van der Waals surface area contributed by atoms with E-state index < -0.39 is 17.1 Å². The van der Waals surface area contributed by atoms with Crippen LogP contribution in [-0.4, -0.2) is 22.8 Å². The Morgan fingerprint density at radius 2 is 1.50 bits per heavy atom. The Morgan fingerprint density at radius 3 is 2.25 bits per heavy atom. The molecule has 5 aromatic heterocycles. The average Bonchev–Trinajstić information content (AvgIpc) is 2.96. The lowest BCUT2D eigenvalue weighted by Crippen LogP contribution is -2.43. The van der Waals surface area contributed by atoms with Gasteiger partial charge in [-0.2, -0.15) is 8.80 Å². The van der Waals surface area contributed by atoms with Crippen molar-refractivity contribution in [3.8, 4) is 11.4 Å². The van der Waals surface area contributed by atoms with Crippen LogP contribution in [0.15, 0.2) is 44.7 Å². The minimum Gasteiger partial charge on any atom is -0.246 e. The highest BCUT2D eigenvalue weighted by atomic mass is 16.2. The normalized spacial score (nSPS) is 12.6. The maximum absolute atomic E-state index is 12.1. The van der Waals surface area contributed by atoms with E-state index in [1.807, 2.05) is 30.3 Å². The molecule has 0 amide bonds. The largest absolute Gasteiger partial charge is 0.362 e. The van der Waals surface area contributed by atoms with Crippen LogP contribution in [0.3, 0.4) is 0 Å². The van der Waals surface area contributed by atoms with Gasteiger partial charge in [0.15, 0.2) is 17.1 Å². The fraction of sp³-hybridized carbons (Fsp3) is 0. The molecular weight excluding hydrogens is 262 g/mol. The van der Waals surface area contributed by atoms with E-state index in [1.165, 1.54) is 4.52 Å². The molecule has 0 fully saturated rings. The maximum Gasteiger partial charge on any atom is 0.362 e. The zero-order valence-electron chi connectivity index (χ0n) is 9.85. The third-order valence-corrected chi connectivity index (χ3v) is 3.60. The standard InChI is InChI=1S/C12H5N5O3/c18-10-14-8-9-15(10)12(20)17(11(14)19)16(9)7(13-8)6-4-2-1-3-5-6/h1-5H. The second-order valence-electron chi connectivity index (χ2n) is 4.59. The Balaban J connectivity index is 2.17. The number of hydrogen-bond acceptors (Lipinski definition) is 4. The van der Waals surface area contributed by atoms with Gasteiger partial charge in [-0.3, -0.25) is 0 Å². The number of nitrogens with zero attached hydrogens (tertiary/aromatic N) is 5. The van der Waals surface area contributed by atoms with Crippen molar-refractivity contribution < 1.29 is 0 Å². The zero-order valence-corrected chi connectivity index (χ0v) is 9.85. The van der Waals surface area contributed by atoms with Crippen LogP contribution in [0.2, 0.25) is 0 Å². The number of benzene rings is 1. The molecule has 0 atom stereocenters. The van der Waals surface area contributed by atoms with Crippen LogP contribution in [0.5, 0.6) is 0 Å². The molecule has 0 spiro atoms. The van der Waals surface area contributed by atoms with E-state index in [9.17, 15) is 14.4 Å². The first-order chi connectivity index (χ1) is 9.70. The van der Waals surface area contributed by atoms with Crippen molar-refractivity contribution in [2.45, 2.75) is 0 Å². The molecule has 8 heteroatoms. The minimum absolute atomic E-state index is 0.223.